The highest BCUT2D eigenvalue weighted by Gasteiger charge is 2.33. The summed E-state index contributed by atoms with van der Waals surface area (Å²) in [6.07, 6.45) is 8.52. The van der Waals surface area contributed by atoms with Crippen molar-refractivity contribution < 1.29 is 0 Å². The minimum atomic E-state index is 0.518. The molecule has 1 N–H and O–H groups in total. The number of rotatable bonds is 1. The zero-order valence-corrected chi connectivity index (χ0v) is 11.1. The molecule has 0 aromatic heterocycles. The van der Waals surface area contributed by atoms with E-state index < -0.39 is 0 Å². The first kappa shape index (κ1) is 12.4. The molecular weight excluding hydrogens is 196 g/mol. The Bertz CT molecular complexity index is 209. The van der Waals surface area contributed by atoms with Crippen LogP contribution in [0.15, 0.2) is 0 Å². The molecular formula is C14H28N2. The lowest BCUT2D eigenvalue weighted by Crippen LogP contribution is -2.52. The molecule has 0 amide bonds. The monoisotopic (exact) mass is 224 g/mol. The fourth-order valence-electron chi connectivity index (χ4n) is 3.40. The van der Waals surface area contributed by atoms with Gasteiger partial charge in [-0.1, -0.05) is 26.2 Å². The van der Waals surface area contributed by atoms with Gasteiger partial charge in [0.2, 0.25) is 0 Å². The Morgan fingerprint density at radius 2 is 1.88 bits per heavy atom. The van der Waals surface area contributed by atoms with E-state index in [4.69, 9.17) is 0 Å². The summed E-state index contributed by atoms with van der Waals surface area (Å²) in [5, 5.41) is 3.55. The molecule has 1 aliphatic heterocycles. The van der Waals surface area contributed by atoms with Gasteiger partial charge in [0.05, 0.1) is 0 Å². The van der Waals surface area contributed by atoms with Gasteiger partial charge in [0.1, 0.15) is 0 Å². The van der Waals surface area contributed by atoms with Gasteiger partial charge in [0, 0.05) is 12.1 Å². The lowest BCUT2D eigenvalue weighted by molar-refractivity contribution is 0.0470. The maximum Gasteiger partial charge on any atom is 0.0181 e. The first-order valence-electron chi connectivity index (χ1n) is 7.16. The minimum Gasteiger partial charge on any atom is -0.316 e. The average molecular weight is 224 g/mol. The van der Waals surface area contributed by atoms with Crippen LogP contribution in [0, 0.1) is 5.92 Å². The Labute approximate surface area is 101 Å². The molecule has 0 radical (unpaired) electrons. The van der Waals surface area contributed by atoms with Gasteiger partial charge < -0.3 is 5.32 Å². The van der Waals surface area contributed by atoms with Crippen molar-refractivity contribution >= 4 is 0 Å². The second kappa shape index (κ2) is 5.50. The minimum absolute atomic E-state index is 0.518. The van der Waals surface area contributed by atoms with Crippen molar-refractivity contribution in [3.8, 4) is 0 Å². The molecule has 2 rings (SSSR count). The van der Waals surface area contributed by atoms with E-state index >= 15 is 0 Å². The molecule has 1 saturated heterocycles. The molecule has 0 spiro atoms. The van der Waals surface area contributed by atoms with Crippen molar-refractivity contribution in [1.29, 1.82) is 0 Å². The van der Waals surface area contributed by atoms with Crippen molar-refractivity contribution in [3.05, 3.63) is 0 Å². The molecule has 0 bridgehead atoms. The largest absolute Gasteiger partial charge is 0.316 e. The van der Waals surface area contributed by atoms with Crippen molar-refractivity contribution in [2.45, 2.75) is 57.9 Å². The molecule has 2 fully saturated rings. The first-order valence-corrected chi connectivity index (χ1v) is 7.16. The summed E-state index contributed by atoms with van der Waals surface area (Å²) in [5.41, 5.74) is 0.518. The second-order valence-corrected chi connectivity index (χ2v) is 6.17. The number of nitrogens with zero attached hydrogens (tertiary/aromatic N) is 1. The highest BCUT2D eigenvalue weighted by molar-refractivity contribution is 4.90. The van der Waals surface area contributed by atoms with Crippen molar-refractivity contribution in [3.63, 3.8) is 0 Å². The number of nitrogens with one attached hydrogen (secondary N) is 1. The summed E-state index contributed by atoms with van der Waals surface area (Å²) < 4.78 is 0. The van der Waals surface area contributed by atoms with Crippen molar-refractivity contribution in [1.82, 2.24) is 10.2 Å². The molecule has 2 heteroatoms. The van der Waals surface area contributed by atoms with E-state index in [0.717, 1.165) is 5.92 Å². The third-order valence-corrected chi connectivity index (χ3v) is 4.50. The summed E-state index contributed by atoms with van der Waals surface area (Å²) >= 11 is 0. The van der Waals surface area contributed by atoms with E-state index in [2.05, 4.69) is 24.1 Å². The smallest absolute Gasteiger partial charge is 0.0181 e. The standard InChI is InChI=1S/C14H28N2/c1-13-11-15-9-6-10-16(12-13)14(2)7-4-3-5-8-14/h13,15H,3-12H2,1-2H3. The Kier molecular flexibility index (Phi) is 4.26. The zero-order valence-electron chi connectivity index (χ0n) is 11.1. The van der Waals surface area contributed by atoms with Crippen LogP contribution in [0.1, 0.15) is 52.4 Å². The molecule has 94 valence electrons. The maximum absolute atomic E-state index is 3.55. The average Bonchev–Trinajstić information content (AvgIpc) is 2.24. The van der Waals surface area contributed by atoms with Crippen LogP contribution in [0.5, 0.6) is 0 Å². The van der Waals surface area contributed by atoms with Gasteiger partial charge in [-0.05, 0) is 51.7 Å². The lowest BCUT2D eigenvalue weighted by atomic mass is 9.81. The van der Waals surface area contributed by atoms with Gasteiger partial charge >= 0.3 is 0 Å². The van der Waals surface area contributed by atoms with Gasteiger partial charge in [-0.25, -0.2) is 0 Å². The Hall–Kier alpha value is -0.0800. The fourth-order valence-corrected chi connectivity index (χ4v) is 3.40. The third-order valence-electron chi connectivity index (χ3n) is 4.50. The van der Waals surface area contributed by atoms with Gasteiger partial charge in [-0.2, -0.15) is 0 Å². The Morgan fingerprint density at radius 3 is 2.62 bits per heavy atom. The molecule has 2 nitrogen and oxygen atoms in total. The normalized spacial score (nSPS) is 33.0. The first-order chi connectivity index (χ1) is 7.71. The van der Waals surface area contributed by atoms with Crippen LogP contribution in [-0.2, 0) is 0 Å². The van der Waals surface area contributed by atoms with Gasteiger partial charge in [0.25, 0.3) is 0 Å². The van der Waals surface area contributed by atoms with Crippen LogP contribution >= 0.6 is 0 Å². The molecule has 0 aromatic carbocycles. The van der Waals surface area contributed by atoms with E-state index in [-0.39, 0.29) is 0 Å². The van der Waals surface area contributed by atoms with Crippen LogP contribution in [-0.4, -0.2) is 36.6 Å². The second-order valence-electron chi connectivity index (χ2n) is 6.17. The van der Waals surface area contributed by atoms with Gasteiger partial charge in [-0.15, -0.1) is 0 Å². The van der Waals surface area contributed by atoms with Crippen molar-refractivity contribution in [2.75, 3.05) is 26.2 Å². The summed E-state index contributed by atoms with van der Waals surface area (Å²) in [7, 11) is 0. The topological polar surface area (TPSA) is 15.3 Å². The third kappa shape index (κ3) is 2.98. The Morgan fingerprint density at radius 1 is 1.12 bits per heavy atom. The van der Waals surface area contributed by atoms with E-state index in [1.165, 1.54) is 64.7 Å². The number of hydrogen-bond acceptors (Lipinski definition) is 2. The summed E-state index contributed by atoms with van der Waals surface area (Å²) in [6, 6.07) is 0. The predicted octanol–water partition coefficient (Wildman–Crippen LogP) is 2.64. The van der Waals surface area contributed by atoms with Crippen LogP contribution in [0.2, 0.25) is 0 Å². The summed E-state index contributed by atoms with van der Waals surface area (Å²) in [5.74, 6) is 0.805. The van der Waals surface area contributed by atoms with Gasteiger partial charge in [0.15, 0.2) is 0 Å². The lowest BCUT2D eigenvalue weighted by Gasteiger charge is -2.46. The van der Waals surface area contributed by atoms with Crippen LogP contribution < -0.4 is 5.32 Å². The molecule has 2 aliphatic rings. The molecule has 1 unspecified atom stereocenters. The predicted molar refractivity (Wildman–Crippen MR) is 69.7 cm³/mol. The Balaban J connectivity index is 1.98. The molecule has 1 heterocycles. The van der Waals surface area contributed by atoms with E-state index in [9.17, 15) is 0 Å². The molecule has 1 aliphatic carbocycles. The summed E-state index contributed by atoms with van der Waals surface area (Å²) in [6.45, 7) is 9.90. The van der Waals surface area contributed by atoms with Crippen molar-refractivity contribution in [2.24, 2.45) is 5.92 Å². The van der Waals surface area contributed by atoms with Crippen LogP contribution in [0.25, 0.3) is 0 Å². The van der Waals surface area contributed by atoms with Gasteiger partial charge in [-0.3, -0.25) is 4.90 Å². The van der Waals surface area contributed by atoms with E-state index in [0.29, 0.717) is 5.54 Å². The summed E-state index contributed by atoms with van der Waals surface area (Å²) in [4.78, 5) is 2.80. The highest BCUT2D eigenvalue weighted by Crippen LogP contribution is 2.34. The maximum atomic E-state index is 3.55. The molecule has 1 atom stereocenters. The van der Waals surface area contributed by atoms with Crippen LogP contribution in [0.3, 0.4) is 0 Å². The quantitative estimate of drug-likeness (QED) is 0.736. The van der Waals surface area contributed by atoms with E-state index in [1.54, 1.807) is 0 Å². The fraction of sp³-hybridized carbons (Fsp3) is 1.00. The zero-order chi connectivity index (χ0) is 11.4. The highest BCUT2D eigenvalue weighted by atomic mass is 15.2. The SMILES string of the molecule is CC1CNCCCN(C2(C)CCCCC2)C1. The number of hydrogen-bond donors (Lipinski definition) is 1. The molecule has 1 saturated carbocycles. The molecule has 16 heavy (non-hydrogen) atoms. The van der Waals surface area contributed by atoms with Crippen LogP contribution in [0.4, 0.5) is 0 Å². The molecule has 0 aromatic rings. The van der Waals surface area contributed by atoms with E-state index in [1.807, 2.05) is 0 Å².